The molecule has 0 aliphatic carbocycles. The van der Waals surface area contributed by atoms with E-state index >= 15 is 0 Å². The number of hydrogen-bond acceptors (Lipinski definition) is 7. The van der Waals surface area contributed by atoms with Crippen LogP contribution in [-0.4, -0.2) is 18.6 Å². The zero-order chi connectivity index (χ0) is 15.6. The average molecular weight is 355 g/mol. The van der Waals surface area contributed by atoms with Crippen LogP contribution >= 0.6 is 22.7 Å². The zero-order valence-electron chi connectivity index (χ0n) is 11.6. The van der Waals surface area contributed by atoms with Crippen LogP contribution in [0.25, 0.3) is 10.8 Å². The molecule has 6 nitrogen and oxygen atoms in total. The van der Waals surface area contributed by atoms with Gasteiger partial charge in [-0.3, -0.25) is 0 Å². The second-order valence-electron chi connectivity index (χ2n) is 4.38. The lowest BCUT2D eigenvalue weighted by Crippen LogP contribution is -2.22. The summed E-state index contributed by atoms with van der Waals surface area (Å²) in [7, 11) is -3.55. The number of aryl methyl sites for hydroxylation is 1. The van der Waals surface area contributed by atoms with Crippen molar-refractivity contribution >= 4 is 32.7 Å². The minimum Gasteiger partial charge on any atom is -0.418 e. The number of nitrogens with one attached hydrogen (secondary N) is 1. The Morgan fingerprint density at radius 2 is 2.14 bits per heavy atom. The van der Waals surface area contributed by atoms with Crippen LogP contribution in [0.5, 0.6) is 0 Å². The number of thiophene rings is 2. The molecular weight excluding hydrogens is 342 g/mol. The topological polar surface area (TPSA) is 85.1 Å². The van der Waals surface area contributed by atoms with Crippen LogP contribution in [0.2, 0.25) is 0 Å². The molecule has 0 fully saturated rings. The third-order valence-corrected chi connectivity index (χ3v) is 6.84. The van der Waals surface area contributed by atoms with E-state index in [0.717, 1.165) is 16.2 Å². The van der Waals surface area contributed by atoms with Crippen LogP contribution in [0.3, 0.4) is 0 Å². The fraction of sp³-hybridized carbons (Fsp3) is 0.231. The number of aromatic nitrogens is 2. The summed E-state index contributed by atoms with van der Waals surface area (Å²) in [5.74, 6) is 0.632. The lowest BCUT2D eigenvalue weighted by molar-refractivity contribution is 0.495. The minimum atomic E-state index is -3.55. The molecule has 0 saturated carbocycles. The molecular formula is C13H13N3O3S3. The van der Waals surface area contributed by atoms with Gasteiger partial charge in [-0.1, -0.05) is 13.0 Å². The smallest absolute Gasteiger partial charge is 0.257 e. The average Bonchev–Trinajstić information content (AvgIpc) is 3.24. The summed E-state index contributed by atoms with van der Waals surface area (Å²) in [5.41, 5.74) is 0. The van der Waals surface area contributed by atoms with E-state index in [1.54, 1.807) is 6.07 Å². The Hall–Kier alpha value is -1.55. The molecule has 1 N–H and O–H groups in total. The van der Waals surface area contributed by atoms with Crippen molar-refractivity contribution in [2.75, 3.05) is 0 Å². The van der Waals surface area contributed by atoms with Gasteiger partial charge in [0, 0.05) is 4.88 Å². The molecule has 116 valence electrons. The molecule has 9 heteroatoms. The molecule has 0 unspecified atom stereocenters. The van der Waals surface area contributed by atoms with Gasteiger partial charge < -0.3 is 4.42 Å². The van der Waals surface area contributed by atoms with E-state index in [1.165, 1.54) is 22.7 Å². The molecule has 0 saturated heterocycles. The number of rotatable bonds is 6. The van der Waals surface area contributed by atoms with E-state index < -0.39 is 10.0 Å². The van der Waals surface area contributed by atoms with Crippen LogP contribution < -0.4 is 4.72 Å². The number of sulfonamides is 1. The van der Waals surface area contributed by atoms with Crippen LogP contribution in [0.4, 0.5) is 0 Å². The van der Waals surface area contributed by atoms with Crippen molar-refractivity contribution in [1.82, 2.24) is 14.9 Å². The Balaban J connectivity index is 1.69. The summed E-state index contributed by atoms with van der Waals surface area (Å²) in [6, 6.07) is 7.18. The highest BCUT2D eigenvalue weighted by Gasteiger charge is 2.18. The van der Waals surface area contributed by atoms with Gasteiger partial charge in [0.25, 0.3) is 15.9 Å². The van der Waals surface area contributed by atoms with E-state index in [-0.39, 0.29) is 12.4 Å². The van der Waals surface area contributed by atoms with Crippen molar-refractivity contribution in [3.8, 4) is 10.8 Å². The molecule has 3 heterocycles. The summed E-state index contributed by atoms with van der Waals surface area (Å²) in [5, 5.41) is 9.67. The first-order chi connectivity index (χ1) is 10.6. The normalized spacial score (nSPS) is 11.9. The molecule has 0 amide bonds. The van der Waals surface area contributed by atoms with Gasteiger partial charge in [-0.05, 0) is 30.0 Å². The Morgan fingerprint density at radius 3 is 2.82 bits per heavy atom. The first-order valence-electron chi connectivity index (χ1n) is 6.53. The largest absolute Gasteiger partial charge is 0.418 e. The minimum absolute atomic E-state index is 0.0277. The molecule has 3 rings (SSSR count). The van der Waals surface area contributed by atoms with Gasteiger partial charge in [-0.2, -0.15) is 0 Å². The van der Waals surface area contributed by atoms with Gasteiger partial charge in [0.15, 0.2) is 0 Å². The third-order valence-electron chi connectivity index (χ3n) is 2.86. The number of hydrogen-bond donors (Lipinski definition) is 1. The van der Waals surface area contributed by atoms with Gasteiger partial charge in [0.2, 0.25) is 5.89 Å². The van der Waals surface area contributed by atoms with Gasteiger partial charge >= 0.3 is 0 Å². The molecule has 0 aromatic carbocycles. The quantitative estimate of drug-likeness (QED) is 0.735. The summed E-state index contributed by atoms with van der Waals surface area (Å²) in [6.07, 6.45) is 0.814. The Bertz CT molecular complexity index is 850. The summed E-state index contributed by atoms with van der Waals surface area (Å²) in [6.45, 7) is 1.96. The first-order valence-corrected chi connectivity index (χ1v) is 9.71. The summed E-state index contributed by atoms with van der Waals surface area (Å²) >= 11 is 2.74. The van der Waals surface area contributed by atoms with E-state index in [4.69, 9.17) is 4.42 Å². The summed E-state index contributed by atoms with van der Waals surface area (Å²) < 4.78 is 32.6. The van der Waals surface area contributed by atoms with Crippen molar-refractivity contribution in [1.29, 1.82) is 0 Å². The van der Waals surface area contributed by atoms with Crippen molar-refractivity contribution in [2.45, 2.75) is 24.1 Å². The van der Waals surface area contributed by atoms with E-state index in [1.807, 2.05) is 30.5 Å². The van der Waals surface area contributed by atoms with E-state index in [9.17, 15) is 8.42 Å². The van der Waals surface area contributed by atoms with Gasteiger partial charge in [0.1, 0.15) is 4.21 Å². The Morgan fingerprint density at radius 1 is 1.27 bits per heavy atom. The number of nitrogens with zero attached hydrogens (tertiary/aromatic N) is 2. The molecule has 0 aliphatic rings. The second-order valence-corrected chi connectivity index (χ2v) is 8.49. The fourth-order valence-electron chi connectivity index (χ4n) is 1.75. The maximum Gasteiger partial charge on any atom is 0.257 e. The molecule has 3 aromatic rings. The van der Waals surface area contributed by atoms with Crippen LogP contribution in [-0.2, 0) is 23.0 Å². The lowest BCUT2D eigenvalue weighted by atomic mass is 10.4. The molecule has 0 aliphatic heterocycles. The molecule has 0 atom stereocenters. The SMILES string of the molecule is CCc1ccc(S(=O)(=O)NCc2nnc(-c3cccs3)o2)s1. The lowest BCUT2D eigenvalue weighted by Gasteiger charge is -2.01. The second kappa shape index (κ2) is 6.29. The van der Waals surface area contributed by atoms with Crippen LogP contribution in [0.15, 0.2) is 38.3 Å². The molecule has 0 bridgehead atoms. The van der Waals surface area contributed by atoms with Gasteiger partial charge in [-0.25, -0.2) is 13.1 Å². The van der Waals surface area contributed by atoms with E-state index in [0.29, 0.717) is 10.1 Å². The van der Waals surface area contributed by atoms with Crippen molar-refractivity contribution in [2.24, 2.45) is 0 Å². The molecule has 0 radical (unpaired) electrons. The van der Waals surface area contributed by atoms with Crippen LogP contribution in [0, 0.1) is 0 Å². The highest BCUT2D eigenvalue weighted by Crippen LogP contribution is 2.24. The summed E-state index contributed by atoms with van der Waals surface area (Å²) in [4.78, 5) is 1.88. The molecule has 22 heavy (non-hydrogen) atoms. The predicted octanol–water partition coefficient (Wildman–Crippen LogP) is 2.90. The van der Waals surface area contributed by atoms with Crippen molar-refractivity contribution < 1.29 is 12.8 Å². The first kappa shape index (κ1) is 15.3. The van der Waals surface area contributed by atoms with Gasteiger partial charge in [0.05, 0.1) is 11.4 Å². The molecule has 3 aromatic heterocycles. The monoisotopic (exact) mass is 355 g/mol. The molecule has 0 spiro atoms. The fourth-order valence-corrected chi connectivity index (χ4v) is 4.70. The predicted molar refractivity (Wildman–Crippen MR) is 85.3 cm³/mol. The van der Waals surface area contributed by atoms with Crippen molar-refractivity contribution in [3.63, 3.8) is 0 Å². The van der Waals surface area contributed by atoms with Gasteiger partial charge in [-0.15, -0.1) is 32.9 Å². The van der Waals surface area contributed by atoms with Crippen molar-refractivity contribution in [3.05, 3.63) is 40.4 Å². The Kier molecular flexibility index (Phi) is 4.39. The maximum atomic E-state index is 12.2. The Labute approximate surface area is 135 Å². The van der Waals surface area contributed by atoms with Crippen LogP contribution in [0.1, 0.15) is 17.7 Å². The standard InChI is InChI=1S/C13H13N3O3S3/c1-2-9-5-6-12(21-9)22(17,18)14-8-11-15-16-13(19-11)10-4-3-7-20-10/h3-7,14H,2,8H2,1H3. The highest BCUT2D eigenvalue weighted by molar-refractivity contribution is 7.91. The maximum absolute atomic E-state index is 12.2. The third kappa shape index (κ3) is 3.27. The van der Waals surface area contributed by atoms with E-state index in [2.05, 4.69) is 14.9 Å². The highest BCUT2D eigenvalue weighted by atomic mass is 32.2. The zero-order valence-corrected chi connectivity index (χ0v) is 14.1.